The SMILES string of the molecule is Cc1ccccc1-c1ccc(-c2c(C)cccc2C)c(Cc2ccc(-n3c4cc(-c5ccccc5C)ccc4c4c(C)cccc43)c3ccccc23)c1. The fourth-order valence-electron chi connectivity index (χ4n) is 8.76. The van der Waals surface area contributed by atoms with Crippen LogP contribution in [0.1, 0.15) is 38.9 Å². The topological polar surface area (TPSA) is 4.93 Å². The van der Waals surface area contributed by atoms with E-state index >= 15 is 0 Å². The van der Waals surface area contributed by atoms with Gasteiger partial charge in [-0.2, -0.15) is 0 Å². The summed E-state index contributed by atoms with van der Waals surface area (Å²) in [5.74, 6) is 0. The Labute approximate surface area is 312 Å². The maximum absolute atomic E-state index is 2.51. The van der Waals surface area contributed by atoms with Crippen molar-refractivity contribution >= 4 is 32.6 Å². The molecule has 0 N–H and O–H groups in total. The molecule has 0 radical (unpaired) electrons. The summed E-state index contributed by atoms with van der Waals surface area (Å²) in [7, 11) is 0. The van der Waals surface area contributed by atoms with Crippen LogP contribution < -0.4 is 0 Å². The Morgan fingerprint density at radius 3 is 1.68 bits per heavy atom. The summed E-state index contributed by atoms with van der Waals surface area (Å²) in [6.07, 6.45) is 0.827. The van der Waals surface area contributed by atoms with Crippen LogP contribution in [-0.4, -0.2) is 4.57 Å². The number of rotatable bonds is 6. The summed E-state index contributed by atoms with van der Waals surface area (Å²) >= 11 is 0. The highest BCUT2D eigenvalue weighted by Crippen LogP contribution is 2.41. The number of benzene rings is 8. The average Bonchev–Trinajstić information content (AvgIpc) is 3.50. The van der Waals surface area contributed by atoms with Gasteiger partial charge in [0.1, 0.15) is 0 Å². The van der Waals surface area contributed by atoms with Gasteiger partial charge in [-0.3, -0.25) is 0 Å². The van der Waals surface area contributed by atoms with E-state index in [0.29, 0.717) is 0 Å². The fourth-order valence-corrected chi connectivity index (χ4v) is 8.76. The van der Waals surface area contributed by atoms with Gasteiger partial charge < -0.3 is 4.57 Å². The van der Waals surface area contributed by atoms with E-state index in [-0.39, 0.29) is 0 Å². The van der Waals surface area contributed by atoms with E-state index in [0.717, 1.165) is 6.42 Å². The monoisotopic (exact) mass is 681 g/mol. The van der Waals surface area contributed by atoms with Crippen molar-refractivity contribution in [1.29, 1.82) is 0 Å². The van der Waals surface area contributed by atoms with Crippen molar-refractivity contribution in [2.45, 2.75) is 41.0 Å². The molecular weight excluding hydrogens is 639 g/mol. The number of nitrogens with zero attached hydrogens (tertiary/aromatic N) is 1. The van der Waals surface area contributed by atoms with Gasteiger partial charge in [-0.1, -0.05) is 140 Å². The molecule has 0 aliphatic carbocycles. The molecule has 1 heteroatoms. The summed E-state index contributed by atoms with van der Waals surface area (Å²) in [6, 6.07) is 58.7. The normalized spacial score (nSPS) is 11.6. The molecular formula is C52H43N. The minimum absolute atomic E-state index is 0.827. The molecule has 53 heavy (non-hydrogen) atoms. The average molecular weight is 682 g/mol. The van der Waals surface area contributed by atoms with Gasteiger partial charge in [-0.25, -0.2) is 0 Å². The van der Waals surface area contributed by atoms with Crippen LogP contribution in [0.3, 0.4) is 0 Å². The quantitative estimate of drug-likeness (QED) is 0.165. The van der Waals surface area contributed by atoms with E-state index < -0.39 is 0 Å². The molecule has 0 fully saturated rings. The summed E-state index contributed by atoms with van der Waals surface area (Å²) in [5.41, 5.74) is 20.6. The van der Waals surface area contributed by atoms with Crippen molar-refractivity contribution in [2.24, 2.45) is 0 Å². The molecule has 256 valence electrons. The van der Waals surface area contributed by atoms with Crippen molar-refractivity contribution in [3.05, 3.63) is 197 Å². The van der Waals surface area contributed by atoms with Gasteiger partial charge in [0.15, 0.2) is 0 Å². The van der Waals surface area contributed by atoms with Crippen LogP contribution in [0, 0.1) is 34.6 Å². The number of aromatic nitrogens is 1. The van der Waals surface area contributed by atoms with E-state index in [1.165, 1.54) is 111 Å². The first-order chi connectivity index (χ1) is 25.9. The summed E-state index contributed by atoms with van der Waals surface area (Å²) < 4.78 is 2.51. The lowest BCUT2D eigenvalue weighted by Crippen LogP contribution is -2.00. The van der Waals surface area contributed by atoms with Crippen molar-refractivity contribution in [3.63, 3.8) is 0 Å². The summed E-state index contributed by atoms with van der Waals surface area (Å²) in [5, 5.41) is 5.15. The zero-order valence-corrected chi connectivity index (χ0v) is 31.2. The van der Waals surface area contributed by atoms with Gasteiger partial charge in [-0.15, -0.1) is 0 Å². The largest absolute Gasteiger partial charge is 0.309 e. The molecule has 9 rings (SSSR count). The minimum Gasteiger partial charge on any atom is -0.309 e. The molecule has 0 aliphatic rings. The van der Waals surface area contributed by atoms with Gasteiger partial charge >= 0.3 is 0 Å². The molecule has 0 atom stereocenters. The molecule has 0 bridgehead atoms. The lowest BCUT2D eigenvalue weighted by molar-refractivity contribution is 1.17. The Kier molecular flexibility index (Phi) is 8.09. The first kappa shape index (κ1) is 32.7. The van der Waals surface area contributed by atoms with Gasteiger partial charge in [0.2, 0.25) is 0 Å². The molecule has 0 saturated heterocycles. The Balaban J connectivity index is 1.26. The Morgan fingerprint density at radius 1 is 0.377 bits per heavy atom. The Morgan fingerprint density at radius 2 is 0.962 bits per heavy atom. The first-order valence-corrected chi connectivity index (χ1v) is 18.7. The van der Waals surface area contributed by atoms with E-state index in [1.807, 2.05) is 0 Å². The highest BCUT2D eigenvalue weighted by Gasteiger charge is 2.19. The molecule has 1 nitrogen and oxygen atoms in total. The predicted octanol–water partition coefficient (Wildman–Crippen LogP) is 14.1. The zero-order valence-electron chi connectivity index (χ0n) is 31.2. The van der Waals surface area contributed by atoms with Gasteiger partial charge in [0, 0.05) is 16.2 Å². The standard InChI is InChI=1S/C52H43N/c1-33-14-6-8-19-42(33)38-24-27-45(51-35(3)16-12-17-36(51)4)41(30-38)31-39-26-29-48(46-22-11-10-21-44(39)46)53-49-23-13-18-37(5)52(49)47-28-25-40(32-50(47)53)43-20-9-7-15-34(43)2/h6-30,32H,31H2,1-5H3. The lowest BCUT2D eigenvalue weighted by atomic mass is 9.86. The lowest BCUT2D eigenvalue weighted by Gasteiger charge is -2.19. The van der Waals surface area contributed by atoms with E-state index in [2.05, 4.69) is 197 Å². The molecule has 8 aromatic carbocycles. The highest BCUT2D eigenvalue weighted by atomic mass is 15.0. The third-order valence-electron chi connectivity index (χ3n) is 11.4. The van der Waals surface area contributed by atoms with Crippen LogP contribution in [-0.2, 0) is 6.42 Å². The molecule has 0 unspecified atom stereocenters. The second-order valence-corrected chi connectivity index (χ2v) is 14.8. The van der Waals surface area contributed by atoms with Crippen LogP contribution in [0.25, 0.3) is 71.6 Å². The number of aryl methyl sites for hydroxylation is 5. The summed E-state index contributed by atoms with van der Waals surface area (Å²) in [6.45, 7) is 11.1. The molecule has 0 spiro atoms. The first-order valence-electron chi connectivity index (χ1n) is 18.7. The van der Waals surface area contributed by atoms with Crippen LogP contribution >= 0.6 is 0 Å². The molecule has 1 heterocycles. The molecule has 0 aliphatic heterocycles. The second-order valence-electron chi connectivity index (χ2n) is 14.8. The van der Waals surface area contributed by atoms with Crippen molar-refractivity contribution < 1.29 is 0 Å². The number of hydrogen-bond donors (Lipinski definition) is 0. The number of fused-ring (bicyclic) bond motifs is 4. The highest BCUT2D eigenvalue weighted by molar-refractivity contribution is 6.13. The molecule has 0 amide bonds. The third-order valence-corrected chi connectivity index (χ3v) is 11.4. The maximum Gasteiger partial charge on any atom is 0.0547 e. The predicted molar refractivity (Wildman–Crippen MR) is 228 cm³/mol. The van der Waals surface area contributed by atoms with E-state index in [9.17, 15) is 0 Å². The minimum atomic E-state index is 0.827. The fraction of sp³-hybridized carbons (Fsp3) is 0.115. The molecule has 1 aromatic heterocycles. The maximum atomic E-state index is 2.51. The molecule has 0 saturated carbocycles. The summed E-state index contributed by atoms with van der Waals surface area (Å²) in [4.78, 5) is 0. The van der Waals surface area contributed by atoms with E-state index in [1.54, 1.807) is 0 Å². The van der Waals surface area contributed by atoms with Gasteiger partial charge in [0.05, 0.1) is 16.7 Å². The Hall–Kier alpha value is -6.18. The zero-order chi connectivity index (χ0) is 36.2. The number of hydrogen-bond acceptors (Lipinski definition) is 0. The van der Waals surface area contributed by atoms with Gasteiger partial charge in [-0.05, 0) is 137 Å². The van der Waals surface area contributed by atoms with Gasteiger partial charge in [0.25, 0.3) is 0 Å². The van der Waals surface area contributed by atoms with Crippen LogP contribution in [0.2, 0.25) is 0 Å². The second kappa shape index (κ2) is 13.1. The van der Waals surface area contributed by atoms with Crippen molar-refractivity contribution in [1.82, 2.24) is 4.57 Å². The third kappa shape index (κ3) is 5.56. The van der Waals surface area contributed by atoms with Crippen LogP contribution in [0.4, 0.5) is 0 Å². The van der Waals surface area contributed by atoms with Crippen molar-refractivity contribution in [3.8, 4) is 39.1 Å². The van der Waals surface area contributed by atoms with Crippen LogP contribution in [0.15, 0.2) is 158 Å². The smallest absolute Gasteiger partial charge is 0.0547 e. The van der Waals surface area contributed by atoms with Crippen molar-refractivity contribution in [2.75, 3.05) is 0 Å². The molecule has 9 aromatic rings. The van der Waals surface area contributed by atoms with E-state index in [4.69, 9.17) is 0 Å². The van der Waals surface area contributed by atoms with Crippen LogP contribution in [0.5, 0.6) is 0 Å². The Bertz CT molecular complexity index is 2840.